The molecule has 0 bridgehead atoms. The van der Waals surface area contributed by atoms with Crippen LogP contribution in [0.1, 0.15) is 30.3 Å². The summed E-state index contributed by atoms with van der Waals surface area (Å²) in [5, 5.41) is 3.22. The third kappa shape index (κ3) is 3.55. The van der Waals surface area contributed by atoms with Crippen LogP contribution in [0.2, 0.25) is 0 Å². The lowest BCUT2D eigenvalue weighted by molar-refractivity contribution is -0.132. The average Bonchev–Trinajstić information content (AvgIpc) is 3.11. The van der Waals surface area contributed by atoms with E-state index in [-0.39, 0.29) is 11.3 Å². The van der Waals surface area contributed by atoms with Gasteiger partial charge in [0.2, 0.25) is 5.91 Å². The smallest absolute Gasteiger partial charge is 0.226 e. The van der Waals surface area contributed by atoms with Gasteiger partial charge in [-0.25, -0.2) is 4.98 Å². The molecule has 0 saturated carbocycles. The summed E-state index contributed by atoms with van der Waals surface area (Å²) in [7, 11) is 1.64. The number of thiazole rings is 1. The first kappa shape index (κ1) is 16.0. The minimum absolute atomic E-state index is 0.112. The fraction of sp³-hybridized carbons (Fsp3) is 0.444. The molecule has 1 fully saturated rings. The molecule has 2 heterocycles. The molecule has 0 radical (unpaired) electrons. The molecule has 122 valence electrons. The number of amides is 1. The van der Waals surface area contributed by atoms with Crippen LogP contribution < -0.4 is 4.74 Å². The van der Waals surface area contributed by atoms with E-state index in [9.17, 15) is 4.79 Å². The number of rotatable bonds is 4. The minimum atomic E-state index is 0.112. The maximum atomic E-state index is 12.5. The molecule has 0 atom stereocenters. The van der Waals surface area contributed by atoms with E-state index in [0.29, 0.717) is 6.42 Å². The van der Waals surface area contributed by atoms with Crippen LogP contribution in [0.25, 0.3) is 0 Å². The van der Waals surface area contributed by atoms with Crippen molar-refractivity contribution in [2.45, 2.75) is 31.6 Å². The monoisotopic (exact) mass is 330 g/mol. The fourth-order valence-electron chi connectivity index (χ4n) is 3.05. The number of carbonyl (C=O) groups excluding carboxylic acids is 1. The number of ether oxygens (including phenoxy) is 1. The Balaban J connectivity index is 1.60. The van der Waals surface area contributed by atoms with Gasteiger partial charge in [-0.1, -0.05) is 19.1 Å². The first-order valence-corrected chi connectivity index (χ1v) is 8.79. The fourth-order valence-corrected chi connectivity index (χ4v) is 3.91. The number of likely N-dealkylation sites (tertiary alicyclic amines) is 1. The van der Waals surface area contributed by atoms with E-state index in [1.54, 1.807) is 18.4 Å². The van der Waals surface area contributed by atoms with E-state index in [2.05, 4.69) is 11.9 Å². The lowest BCUT2D eigenvalue weighted by Crippen LogP contribution is -2.44. The van der Waals surface area contributed by atoms with Crippen molar-refractivity contribution in [3.8, 4) is 5.75 Å². The summed E-state index contributed by atoms with van der Waals surface area (Å²) in [5.74, 6) is 0.990. The highest BCUT2D eigenvalue weighted by molar-refractivity contribution is 7.09. The van der Waals surface area contributed by atoms with Crippen molar-refractivity contribution in [2.75, 3.05) is 20.2 Å². The van der Waals surface area contributed by atoms with Crippen molar-refractivity contribution in [2.24, 2.45) is 0 Å². The van der Waals surface area contributed by atoms with Crippen molar-refractivity contribution in [3.05, 3.63) is 46.4 Å². The number of carbonyl (C=O) groups is 1. The molecule has 0 spiro atoms. The van der Waals surface area contributed by atoms with Crippen LogP contribution in [0.3, 0.4) is 0 Å². The normalized spacial score (nSPS) is 17.0. The number of benzene rings is 1. The summed E-state index contributed by atoms with van der Waals surface area (Å²) in [5.41, 5.74) is 1.11. The molecular formula is C18H22N2O2S. The molecule has 23 heavy (non-hydrogen) atoms. The summed E-state index contributed by atoms with van der Waals surface area (Å²) < 4.78 is 5.22. The highest BCUT2D eigenvalue weighted by Gasteiger charge is 2.35. The Morgan fingerprint density at radius 1 is 1.39 bits per heavy atom. The molecule has 1 saturated heterocycles. The van der Waals surface area contributed by atoms with Crippen LogP contribution in [-0.2, 0) is 16.6 Å². The Labute approximate surface area is 141 Å². The Hall–Kier alpha value is -1.88. The third-order valence-corrected chi connectivity index (χ3v) is 5.74. The van der Waals surface area contributed by atoms with Crippen molar-refractivity contribution < 1.29 is 9.53 Å². The van der Waals surface area contributed by atoms with Gasteiger partial charge in [-0.2, -0.15) is 0 Å². The lowest BCUT2D eigenvalue weighted by Gasteiger charge is -2.38. The van der Waals surface area contributed by atoms with E-state index in [4.69, 9.17) is 4.74 Å². The summed E-state index contributed by atoms with van der Waals surface area (Å²) in [6.45, 7) is 3.87. The molecule has 1 aliphatic rings. The maximum Gasteiger partial charge on any atom is 0.226 e. The van der Waals surface area contributed by atoms with Gasteiger partial charge in [0.25, 0.3) is 0 Å². The number of nitrogens with zero attached hydrogens (tertiary/aromatic N) is 2. The van der Waals surface area contributed by atoms with E-state index in [0.717, 1.165) is 37.2 Å². The van der Waals surface area contributed by atoms with Crippen molar-refractivity contribution >= 4 is 17.2 Å². The molecule has 3 rings (SSSR count). The Morgan fingerprint density at radius 3 is 2.83 bits per heavy atom. The van der Waals surface area contributed by atoms with Crippen molar-refractivity contribution in [1.82, 2.24) is 9.88 Å². The Bertz CT molecular complexity index is 661. The maximum absolute atomic E-state index is 12.5. The van der Waals surface area contributed by atoms with E-state index < -0.39 is 0 Å². The number of methoxy groups -OCH3 is 1. The van der Waals surface area contributed by atoms with Gasteiger partial charge in [-0.3, -0.25) is 4.79 Å². The summed E-state index contributed by atoms with van der Waals surface area (Å²) >= 11 is 1.72. The molecule has 1 aromatic carbocycles. The summed E-state index contributed by atoms with van der Waals surface area (Å²) in [6, 6.07) is 7.73. The zero-order valence-electron chi connectivity index (χ0n) is 13.6. The zero-order chi connectivity index (χ0) is 16.3. The van der Waals surface area contributed by atoms with Gasteiger partial charge in [0.1, 0.15) is 5.75 Å². The van der Waals surface area contributed by atoms with Crippen LogP contribution in [-0.4, -0.2) is 36.0 Å². The highest BCUT2D eigenvalue weighted by atomic mass is 32.1. The molecule has 2 aromatic rings. The summed E-state index contributed by atoms with van der Waals surface area (Å²) in [6.07, 6.45) is 4.26. The van der Waals surface area contributed by atoms with Gasteiger partial charge >= 0.3 is 0 Å². The molecule has 1 aromatic heterocycles. The van der Waals surface area contributed by atoms with Gasteiger partial charge < -0.3 is 9.64 Å². The zero-order valence-corrected chi connectivity index (χ0v) is 14.4. The SMILES string of the molecule is COc1cccc(CC(=O)N2CCC(C)(c3nccs3)CC2)c1. The highest BCUT2D eigenvalue weighted by Crippen LogP contribution is 2.36. The van der Waals surface area contributed by atoms with Crippen LogP contribution in [0.5, 0.6) is 5.75 Å². The van der Waals surface area contributed by atoms with Gasteiger partial charge in [0.05, 0.1) is 18.5 Å². The second-order valence-corrected chi connectivity index (χ2v) is 7.20. The molecule has 5 heteroatoms. The predicted molar refractivity (Wildman–Crippen MR) is 92.0 cm³/mol. The van der Waals surface area contributed by atoms with Gasteiger partial charge in [0, 0.05) is 30.1 Å². The van der Waals surface area contributed by atoms with E-state index in [1.807, 2.05) is 40.7 Å². The van der Waals surface area contributed by atoms with E-state index >= 15 is 0 Å². The summed E-state index contributed by atoms with van der Waals surface area (Å²) in [4.78, 5) is 19.0. The van der Waals surface area contributed by atoms with Crippen LogP contribution >= 0.6 is 11.3 Å². The van der Waals surface area contributed by atoms with Crippen LogP contribution in [0.15, 0.2) is 35.8 Å². The molecular weight excluding hydrogens is 308 g/mol. The Morgan fingerprint density at radius 2 is 2.17 bits per heavy atom. The minimum Gasteiger partial charge on any atom is -0.497 e. The number of hydrogen-bond acceptors (Lipinski definition) is 4. The number of piperidine rings is 1. The first-order chi connectivity index (χ1) is 11.1. The lowest BCUT2D eigenvalue weighted by atomic mass is 9.81. The van der Waals surface area contributed by atoms with Gasteiger partial charge in [-0.15, -0.1) is 11.3 Å². The standard InChI is InChI=1S/C18H22N2O2S/c1-18(17-19-8-11-23-17)6-9-20(10-7-18)16(21)13-14-4-3-5-15(12-14)22-2/h3-5,8,11-12H,6-7,9-10,13H2,1-2H3. The molecule has 0 aliphatic carbocycles. The molecule has 0 N–H and O–H groups in total. The van der Waals surface area contributed by atoms with Crippen molar-refractivity contribution in [3.63, 3.8) is 0 Å². The third-order valence-electron chi connectivity index (χ3n) is 4.66. The average molecular weight is 330 g/mol. The molecule has 1 amide bonds. The second kappa shape index (κ2) is 6.71. The van der Waals surface area contributed by atoms with Crippen LogP contribution in [0, 0.1) is 0 Å². The quantitative estimate of drug-likeness (QED) is 0.864. The van der Waals surface area contributed by atoms with Crippen LogP contribution in [0.4, 0.5) is 0 Å². The molecule has 4 nitrogen and oxygen atoms in total. The Kier molecular flexibility index (Phi) is 4.66. The molecule has 1 aliphatic heterocycles. The first-order valence-electron chi connectivity index (χ1n) is 7.91. The number of hydrogen-bond donors (Lipinski definition) is 0. The molecule has 0 unspecified atom stereocenters. The van der Waals surface area contributed by atoms with Crippen molar-refractivity contribution in [1.29, 1.82) is 0 Å². The van der Waals surface area contributed by atoms with E-state index in [1.165, 1.54) is 5.01 Å². The largest absolute Gasteiger partial charge is 0.497 e. The predicted octanol–water partition coefficient (Wildman–Crippen LogP) is 3.27. The van der Waals surface area contributed by atoms with Gasteiger partial charge in [-0.05, 0) is 30.5 Å². The number of aromatic nitrogens is 1. The topological polar surface area (TPSA) is 42.4 Å². The van der Waals surface area contributed by atoms with Gasteiger partial charge in [0.15, 0.2) is 0 Å². The second-order valence-electron chi connectivity index (χ2n) is 6.31.